The van der Waals surface area contributed by atoms with E-state index < -0.39 is 0 Å². The van der Waals surface area contributed by atoms with Crippen LogP contribution < -0.4 is 5.32 Å². The molecule has 4 nitrogen and oxygen atoms in total. The second-order valence-corrected chi connectivity index (χ2v) is 9.64. The minimum Gasteiger partial charge on any atom is -0.302 e. The van der Waals surface area contributed by atoms with E-state index in [2.05, 4.69) is 41.3 Å². The average Bonchev–Trinajstić information content (AvgIpc) is 3.24. The Labute approximate surface area is 170 Å². The number of anilines is 1. The maximum absolute atomic E-state index is 12.4. The second kappa shape index (κ2) is 7.58. The summed E-state index contributed by atoms with van der Waals surface area (Å²) in [6.07, 6.45) is 2.38. The van der Waals surface area contributed by atoms with E-state index in [4.69, 9.17) is 0 Å². The summed E-state index contributed by atoms with van der Waals surface area (Å²) < 4.78 is 3.27. The van der Waals surface area contributed by atoms with E-state index in [1.807, 2.05) is 30.5 Å². The summed E-state index contributed by atoms with van der Waals surface area (Å²) in [5, 5.41) is 3.59. The van der Waals surface area contributed by atoms with Gasteiger partial charge in [0.25, 0.3) is 0 Å². The van der Waals surface area contributed by atoms with Gasteiger partial charge in [0.05, 0.1) is 26.9 Å². The van der Waals surface area contributed by atoms with Crippen LogP contribution in [-0.2, 0) is 11.2 Å². The summed E-state index contributed by atoms with van der Waals surface area (Å²) in [4.78, 5) is 21.6. The molecule has 0 saturated heterocycles. The Balaban J connectivity index is 1.53. The Morgan fingerprint density at radius 3 is 2.37 bits per heavy atom. The average molecular weight is 414 g/mol. The van der Waals surface area contributed by atoms with Crippen LogP contribution in [-0.4, -0.2) is 22.1 Å². The van der Waals surface area contributed by atoms with Gasteiger partial charge in [-0.15, -0.1) is 11.3 Å². The Bertz CT molecular complexity index is 1110. The highest BCUT2D eigenvalue weighted by Crippen LogP contribution is 2.38. The maximum Gasteiger partial charge on any atom is 0.230 e. The number of thiazole rings is 2. The van der Waals surface area contributed by atoms with Gasteiger partial charge in [-0.2, -0.15) is 0 Å². The quantitative estimate of drug-likeness (QED) is 0.412. The SMILES string of the molecule is CSc1nc2ccc3nc(NC(=O)Cc4ccc(C(C)C)cc4)sc3c2s1. The Morgan fingerprint density at radius 2 is 1.70 bits per heavy atom. The highest BCUT2D eigenvalue weighted by atomic mass is 32.2. The number of hydrogen-bond acceptors (Lipinski definition) is 6. The standard InChI is InChI=1S/C20H19N3OS3/c1-11(2)13-6-4-12(5-7-13)10-16(24)23-19-21-14-8-9-15-18(17(14)26-19)27-20(22-15)25-3/h4-9,11H,10H2,1-3H3,(H,21,23,24). The predicted molar refractivity (Wildman–Crippen MR) is 117 cm³/mol. The van der Waals surface area contributed by atoms with E-state index in [0.717, 1.165) is 30.3 Å². The number of thioether (sulfide) groups is 1. The largest absolute Gasteiger partial charge is 0.302 e. The van der Waals surface area contributed by atoms with E-state index >= 15 is 0 Å². The molecule has 0 radical (unpaired) electrons. The molecule has 2 aromatic heterocycles. The summed E-state index contributed by atoms with van der Waals surface area (Å²) in [6.45, 7) is 4.33. The topological polar surface area (TPSA) is 54.9 Å². The van der Waals surface area contributed by atoms with Gasteiger partial charge in [0.1, 0.15) is 0 Å². The Kier molecular flexibility index (Phi) is 5.16. The third-order valence-electron chi connectivity index (χ3n) is 4.32. The first kappa shape index (κ1) is 18.4. The number of nitrogens with one attached hydrogen (secondary N) is 1. The zero-order chi connectivity index (χ0) is 19.0. The lowest BCUT2D eigenvalue weighted by molar-refractivity contribution is -0.115. The van der Waals surface area contributed by atoms with E-state index in [-0.39, 0.29) is 5.91 Å². The number of benzene rings is 2. The molecule has 2 heterocycles. The number of nitrogens with zero attached hydrogens (tertiary/aromatic N) is 2. The lowest BCUT2D eigenvalue weighted by Gasteiger charge is -2.06. The highest BCUT2D eigenvalue weighted by molar-refractivity contribution is 8.00. The van der Waals surface area contributed by atoms with Crippen LogP contribution in [0.15, 0.2) is 40.7 Å². The van der Waals surface area contributed by atoms with Gasteiger partial charge in [0, 0.05) is 0 Å². The van der Waals surface area contributed by atoms with Gasteiger partial charge in [-0.1, -0.05) is 61.2 Å². The molecule has 4 rings (SSSR count). The minimum atomic E-state index is -0.0447. The second-order valence-electron chi connectivity index (χ2n) is 6.59. The molecule has 0 fully saturated rings. The first-order chi connectivity index (χ1) is 13.0. The number of hydrogen-bond donors (Lipinski definition) is 1. The van der Waals surface area contributed by atoms with Gasteiger partial charge in [0.15, 0.2) is 9.47 Å². The van der Waals surface area contributed by atoms with Crippen molar-refractivity contribution >= 4 is 65.9 Å². The third kappa shape index (κ3) is 3.85. The molecular weight excluding hydrogens is 394 g/mol. The van der Waals surface area contributed by atoms with Gasteiger partial charge in [0.2, 0.25) is 5.91 Å². The summed E-state index contributed by atoms with van der Waals surface area (Å²) >= 11 is 4.83. The fourth-order valence-corrected chi connectivity index (χ4v) is 5.54. The predicted octanol–water partition coefficient (Wildman–Crippen LogP) is 5.93. The van der Waals surface area contributed by atoms with Crippen LogP contribution in [0.25, 0.3) is 20.4 Å². The first-order valence-corrected chi connectivity index (χ1v) is 11.5. The summed E-state index contributed by atoms with van der Waals surface area (Å²) in [7, 11) is 0. The van der Waals surface area contributed by atoms with Crippen molar-refractivity contribution in [2.75, 3.05) is 11.6 Å². The normalized spacial score (nSPS) is 11.6. The van der Waals surface area contributed by atoms with E-state index in [0.29, 0.717) is 17.5 Å². The molecule has 27 heavy (non-hydrogen) atoms. The molecule has 0 atom stereocenters. The minimum absolute atomic E-state index is 0.0447. The molecule has 0 aliphatic carbocycles. The molecule has 0 aliphatic heterocycles. The number of amides is 1. The summed E-state index contributed by atoms with van der Waals surface area (Å²) in [6, 6.07) is 12.2. The van der Waals surface area contributed by atoms with Crippen molar-refractivity contribution in [2.45, 2.75) is 30.5 Å². The van der Waals surface area contributed by atoms with Gasteiger partial charge in [-0.25, -0.2) is 9.97 Å². The van der Waals surface area contributed by atoms with Crippen molar-refractivity contribution in [2.24, 2.45) is 0 Å². The van der Waals surface area contributed by atoms with Gasteiger partial charge in [-0.05, 0) is 35.4 Å². The highest BCUT2D eigenvalue weighted by Gasteiger charge is 2.13. The fourth-order valence-electron chi connectivity index (χ4n) is 2.86. The molecular formula is C20H19N3OS3. The molecule has 1 amide bonds. The fraction of sp³-hybridized carbons (Fsp3) is 0.250. The van der Waals surface area contributed by atoms with Crippen LogP contribution >= 0.6 is 34.4 Å². The molecule has 0 spiro atoms. The molecule has 2 aromatic carbocycles. The monoisotopic (exact) mass is 413 g/mol. The van der Waals surface area contributed by atoms with Crippen molar-refractivity contribution < 1.29 is 4.79 Å². The molecule has 1 N–H and O–H groups in total. The van der Waals surface area contributed by atoms with Crippen molar-refractivity contribution in [1.29, 1.82) is 0 Å². The van der Waals surface area contributed by atoms with Gasteiger partial charge < -0.3 is 5.32 Å². The molecule has 0 unspecified atom stereocenters. The summed E-state index contributed by atoms with van der Waals surface area (Å²) in [5.74, 6) is 0.447. The van der Waals surface area contributed by atoms with E-state index in [9.17, 15) is 4.79 Å². The van der Waals surface area contributed by atoms with Gasteiger partial charge in [-0.3, -0.25) is 4.79 Å². The lowest BCUT2D eigenvalue weighted by atomic mass is 10.0. The number of aromatic nitrogens is 2. The Hall–Kier alpha value is -1.96. The van der Waals surface area contributed by atoms with Crippen molar-refractivity contribution in [3.63, 3.8) is 0 Å². The van der Waals surface area contributed by atoms with Crippen molar-refractivity contribution in [3.05, 3.63) is 47.5 Å². The number of fused-ring (bicyclic) bond motifs is 3. The number of rotatable bonds is 5. The molecule has 4 aromatic rings. The van der Waals surface area contributed by atoms with Crippen LogP contribution in [0.3, 0.4) is 0 Å². The lowest BCUT2D eigenvalue weighted by Crippen LogP contribution is -2.14. The Morgan fingerprint density at radius 1 is 1.04 bits per heavy atom. The molecule has 0 bridgehead atoms. The van der Waals surface area contributed by atoms with Crippen LogP contribution in [0.4, 0.5) is 5.13 Å². The molecule has 138 valence electrons. The number of carbonyl (C=O) groups excluding carboxylic acids is 1. The van der Waals surface area contributed by atoms with Crippen molar-refractivity contribution in [1.82, 2.24) is 9.97 Å². The zero-order valence-corrected chi connectivity index (χ0v) is 17.7. The van der Waals surface area contributed by atoms with E-state index in [1.165, 1.54) is 16.9 Å². The van der Waals surface area contributed by atoms with Crippen LogP contribution in [0.5, 0.6) is 0 Å². The van der Waals surface area contributed by atoms with Crippen molar-refractivity contribution in [3.8, 4) is 0 Å². The zero-order valence-electron chi connectivity index (χ0n) is 15.3. The van der Waals surface area contributed by atoms with Crippen LogP contribution in [0.2, 0.25) is 0 Å². The molecule has 7 heteroatoms. The third-order valence-corrected chi connectivity index (χ3v) is 7.53. The maximum atomic E-state index is 12.4. The number of carbonyl (C=O) groups is 1. The smallest absolute Gasteiger partial charge is 0.230 e. The summed E-state index contributed by atoms with van der Waals surface area (Å²) in [5.41, 5.74) is 4.18. The van der Waals surface area contributed by atoms with Crippen LogP contribution in [0, 0.1) is 0 Å². The van der Waals surface area contributed by atoms with E-state index in [1.54, 1.807) is 23.1 Å². The molecule has 0 aliphatic rings. The van der Waals surface area contributed by atoms with Gasteiger partial charge >= 0.3 is 0 Å². The van der Waals surface area contributed by atoms with Crippen LogP contribution in [0.1, 0.15) is 30.9 Å². The first-order valence-electron chi connectivity index (χ1n) is 8.66. The molecule has 0 saturated carbocycles.